The summed E-state index contributed by atoms with van der Waals surface area (Å²) >= 11 is 1.18. The Morgan fingerprint density at radius 1 is 1.12 bits per heavy atom. The van der Waals surface area contributed by atoms with Gasteiger partial charge in [0.1, 0.15) is 12.2 Å². The molecule has 1 spiro atoms. The minimum Gasteiger partial charge on any atom is -0.493 e. The summed E-state index contributed by atoms with van der Waals surface area (Å²) < 4.78 is 14.9. The van der Waals surface area contributed by atoms with Gasteiger partial charge in [0.15, 0.2) is 11.5 Å². The molecule has 5 heteroatoms. The van der Waals surface area contributed by atoms with Crippen LogP contribution in [-0.4, -0.2) is 49.0 Å². The maximum Gasteiger partial charge on any atom is 0.165 e. The first kappa shape index (κ1) is 21.5. The first-order valence-electron chi connectivity index (χ1n) is 11.9. The summed E-state index contributed by atoms with van der Waals surface area (Å²) in [5, 5.41) is 10.6. The topological polar surface area (TPSA) is 41.9 Å². The summed E-state index contributed by atoms with van der Waals surface area (Å²) in [4.78, 5) is 2.47. The fourth-order valence-electron chi connectivity index (χ4n) is 6.50. The predicted octanol–water partition coefficient (Wildman–Crippen LogP) is 4.26. The molecule has 1 fully saturated rings. The van der Waals surface area contributed by atoms with Crippen molar-refractivity contribution in [1.29, 1.82) is 0 Å². The molecule has 2 heterocycles. The van der Waals surface area contributed by atoms with Crippen molar-refractivity contribution in [1.82, 2.24) is 4.90 Å². The molecule has 2 aliphatic heterocycles. The molecule has 174 valence electrons. The molecule has 0 unspecified atom stereocenters. The van der Waals surface area contributed by atoms with Crippen LogP contribution in [0.15, 0.2) is 69.7 Å². The van der Waals surface area contributed by atoms with Gasteiger partial charge in [0.25, 0.3) is 0 Å². The Kier molecular flexibility index (Phi) is 5.42. The van der Waals surface area contributed by atoms with E-state index < -0.39 is 6.10 Å². The van der Waals surface area contributed by atoms with Crippen LogP contribution in [0.3, 0.4) is 0 Å². The van der Waals surface area contributed by atoms with Gasteiger partial charge in [-0.3, -0.25) is 0 Å². The van der Waals surface area contributed by atoms with Gasteiger partial charge in [-0.2, -0.15) is 0 Å². The van der Waals surface area contributed by atoms with Crippen molar-refractivity contribution in [2.24, 2.45) is 5.92 Å². The van der Waals surface area contributed by atoms with Gasteiger partial charge in [-0.15, -0.1) is 0 Å². The van der Waals surface area contributed by atoms with Crippen molar-refractivity contribution in [3.05, 3.63) is 80.8 Å². The number of likely N-dealkylation sites (N-methyl/N-ethyl adjacent to an activating group) is 1. The van der Waals surface area contributed by atoms with E-state index in [1.807, 2.05) is 12.1 Å². The van der Waals surface area contributed by atoms with Crippen LogP contribution in [0.5, 0.6) is 11.5 Å². The van der Waals surface area contributed by atoms with Gasteiger partial charge >= 0.3 is 73.2 Å². The number of rotatable bonds is 3. The van der Waals surface area contributed by atoms with Crippen molar-refractivity contribution in [2.75, 3.05) is 20.7 Å². The average molecular weight is 485 g/mol. The minimum atomic E-state index is -0.539. The first-order chi connectivity index (χ1) is 16.1. The van der Waals surface area contributed by atoms with Crippen LogP contribution < -0.4 is 9.47 Å². The molecule has 4 aliphatic carbocycles. The van der Waals surface area contributed by atoms with E-state index in [0.717, 1.165) is 43.7 Å². The van der Waals surface area contributed by atoms with Gasteiger partial charge in [-0.25, -0.2) is 0 Å². The Hall–Kier alpha value is -2.04. The molecule has 5 atom stereocenters. The van der Waals surface area contributed by atoms with Gasteiger partial charge in [-0.05, 0) is 38.1 Å². The molecule has 0 radical (unpaired) electrons. The summed E-state index contributed by atoms with van der Waals surface area (Å²) in [7, 11) is 3.91. The van der Waals surface area contributed by atoms with Crippen LogP contribution in [0.4, 0.5) is 0 Å². The zero-order valence-corrected chi connectivity index (χ0v) is 20.3. The molecule has 0 saturated carbocycles. The normalized spacial score (nSPS) is 34.4. The van der Waals surface area contributed by atoms with Crippen molar-refractivity contribution in [3.8, 4) is 11.5 Å². The molecule has 2 bridgehead atoms. The number of likely N-dealkylation sites (tertiary alicyclic amines) is 1. The number of methoxy groups -OCH3 is 1. The Morgan fingerprint density at radius 2 is 1.88 bits per heavy atom. The van der Waals surface area contributed by atoms with Crippen LogP contribution in [0.25, 0.3) is 0 Å². The fourth-order valence-corrected chi connectivity index (χ4v) is 7.84. The molecule has 33 heavy (non-hydrogen) atoms. The molecule has 0 amide bonds. The predicted molar refractivity (Wildman–Crippen MR) is 126 cm³/mol. The van der Waals surface area contributed by atoms with Crippen molar-refractivity contribution < 1.29 is 29.5 Å². The maximum atomic E-state index is 10.6. The molecule has 1 aromatic rings. The number of nitrogens with zero attached hydrogens (tertiary/aromatic N) is 1. The second-order valence-electron chi connectivity index (χ2n) is 9.66. The third kappa shape index (κ3) is 3.32. The standard InChI is InChI=1S/C18H21NO3.2C5H5.Fe/c1-19-8-7-18-11-4-5-13(20)17(18)22-16-14(21-2)6-3-10(15(16)18)9-12(11)19;2*1-2-4-5-3-1;/h3-6,11-13,17,20H,7-9H2,1-2H3;2*1-3H,4H2;/t11-,12+,13-,17-,18-;;;/m0.../s1. The quantitative estimate of drug-likeness (QED) is 0.514. The monoisotopic (exact) mass is 485 g/mol. The molecule has 7 rings (SSSR count). The summed E-state index contributed by atoms with van der Waals surface area (Å²) in [6, 6.07) is 4.70. The van der Waals surface area contributed by atoms with E-state index in [-0.39, 0.29) is 11.5 Å². The van der Waals surface area contributed by atoms with Gasteiger partial charge in [0, 0.05) is 22.9 Å². The number of benzene rings is 1. The third-order valence-electron chi connectivity index (χ3n) is 8.02. The second kappa shape index (κ2) is 8.32. The zero-order chi connectivity index (χ0) is 22.6. The summed E-state index contributed by atoms with van der Waals surface area (Å²) in [5.74, 6) is 2.09. The molecule has 1 saturated heterocycles. The fraction of sp³-hybridized carbons (Fsp3) is 0.429. The van der Waals surface area contributed by atoms with E-state index in [2.05, 4.69) is 60.5 Å². The van der Waals surface area contributed by atoms with Gasteiger partial charge in [0.2, 0.25) is 0 Å². The Bertz CT molecular complexity index is 1090. The average Bonchev–Trinajstić information content (AvgIpc) is 3.58. The van der Waals surface area contributed by atoms with Crippen LogP contribution >= 0.6 is 0 Å². The van der Waals surface area contributed by atoms with Gasteiger partial charge < -0.3 is 19.5 Å². The second-order valence-corrected chi connectivity index (χ2v) is 11.4. The van der Waals surface area contributed by atoms with E-state index in [4.69, 9.17) is 9.47 Å². The van der Waals surface area contributed by atoms with Crippen LogP contribution in [0, 0.1) is 5.92 Å². The van der Waals surface area contributed by atoms with E-state index >= 15 is 0 Å². The Balaban J connectivity index is 0.000000158. The smallest absolute Gasteiger partial charge is 0.165 e. The number of ether oxygens (including phenoxy) is 2. The summed E-state index contributed by atoms with van der Waals surface area (Å²) in [6.07, 6.45) is 21.1. The number of aliphatic hydroxyl groups is 1. The Morgan fingerprint density at radius 3 is 2.55 bits per heavy atom. The number of hydrogen-bond acceptors (Lipinski definition) is 4. The van der Waals surface area contributed by atoms with E-state index in [1.54, 1.807) is 16.1 Å². The molecule has 1 N–H and O–H groups in total. The molecule has 0 aromatic heterocycles. The maximum absolute atomic E-state index is 10.6. The van der Waals surface area contributed by atoms with Crippen molar-refractivity contribution in [3.63, 3.8) is 0 Å². The third-order valence-corrected chi connectivity index (χ3v) is 9.54. The largest absolute Gasteiger partial charge is 0.493 e. The minimum absolute atomic E-state index is 0.0806. The molecular weight excluding hydrogens is 454 g/mol. The first-order valence-corrected chi connectivity index (χ1v) is 13.0. The Labute approximate surface area is 202 Å². The van der Waals surface area contributed by atoms with Crippen molar-refractivity contribution >= 4 is 0 Å². The molecule has 6 aliphatic rings. The number of aliphatic hydroxyl groups excluding tert-OH is 1. The molecule has 4 nitrogen and oxygen atoms in total. The van der Waals surface area contributed by atoms with Gasteiger partial charge in [0.05, 0.1) is 7.11 Å². The zero-order valence-electron chi connectivity index (χ0n) is 19.2. The summed E-state index contributed by atoms with van der Waals surface area (Å²) in [6.45, 7) is 1.05. The number of piperidine rings is 1. The molecular formula is C28H31FeNO3. The summed E-state index contributed by atoms with van der Waals surface area (Å²) in [5.41, 5.74) is 2.60. The number of allylic oxidation sites excluding steroid dienone is 8. The van der Waals surface area contributed by atoms with Crippen molar-refractivity contribution in [2.45, 2.75) is 49.3 Å². The van der Waals surface area contributed by atoms with E-state index in [9.17, 15) is 5.11 Å². The van der Waals surface area contributed by atoms with Crippen LogP contribution in [0.1, 0.15) is 30.4 Å². The number of hydrogen-bond donors (Lipinski definition) is 1. The van der Waals surface area contributed by atoms with Crippen LogP contribution in [-0.2, 0) is 26.8 Å². The van der Waals surface area contributed by atoms with E-state index in [1.165, 1.54) is 26.1 Å². The van der Waals surface area contributed by atoms with E-state index in [0.29, 0.717) is 12.0 Å². The van der Waals surface area contributed by atoms with Gasteiger partial charge in [-0.1, -0.05) is 18.2 Å². The SMILES string of the molecule is C1=CC[C]([Fe][C]2=CC=CC2)=C1.COc1ccc2c3c1O[C@H]1[C@@H](O)C=C[C@H]4[C@@H](C2)N(C)CC[C@@]341. The molecule has 1 aromatic carbocycles. The van der Waals surface area contributed by atoms with Crippen LogP contribution in [0.2, 0.25) is 0 Å².